The molecule has 3 fully saturated rings. The van der Waals surface area contributed by atoms with Gasteiger partial charge in [0.25, 0.3) is 17.7 Å². The molecule has 12 nitrogen and oxygen atoms in total. The summed E-state index contributed by atoms with van der Waals surface area (Å²) in [6.07, 6.45) is 5.21. The van der Waals surface area contributed by atoms with Crippen LogP contribution in [-0.4, -0.2) is 101 Å². The number of imide groups is 1. The number of amides is 3. The van der Waals surface area contributed by atoms with Crippen LogP contribution in [0.2, 0.25) is 5.02 Å². The van der Waals surface area contributed by atoms with Gasteiger partial charge in [0.2, 0.25) is 5.69 Å². The SMILES string of the molecule is [C-]#[N+]c1ccc(OC2CCC(NC(=O)c3ccc(N4CCC(CN5CCN(c6cc7c(cc6F)C(=O)N(C(C)(C)C)C7=O)CC5)CC4)nn3)CC2)cc1Cl. The molecule has 0 atom stereocenters. The summed E-state index contributed by atoms with van der Waals surface area (Å²) in [5.74, 6) is 0.430. The zero-order chi connectivity index (χ0) is 38.1. The van der Waals surface area contributed by atoms with Crippen molar-refractivity contribution in [2.24, 2.45) is 5.92 Å². The molecule has 0 bridgehead atoms. The summed E-state index contributed by atoms with van der Waals surface area (Å²) in [5.41, 5.74) is 0.807. The summed E-state index contributed by atoms with van der Waals surface area (Å²) in [6, 6.07) is 11.5. The van der Waals surface area contributed by atoms with Crippen molar-refractivity contribution in [3.8, 4) is 5.75 Å². The van der Waals surface area contributed by atoms with E-state index < -0.39 is 17.3 Å². The minimum absolute atomic E-state index is 0.0254. The normalized spacial score (nSPS) is 21.2. The number of aromatic nitrogens is 2. The van der Waals surface area contributed by atoms with Gasteiger partial charge in [0.15, 0.2) is 11.5 Å². The zero-order valence-corrected chi connectivity index (χ0v) is 31.7. The molecular weight excluding hydrogens is 711 g/mol. The van der Waals surface area contributed by atoms with Gasteiger partial charge in [-0.15, -0.1) is 10.2 Å². The van der Waals surface area contributed by atoms with E-state index in [0.717, 1.165) is 77.1 Å². The Labute approximate surface area is 320 Å². The Bertz CT molecular complexity index is 1940. The smallest absolute Gasteiger partial charge is 0.272 e. The van der Waals surface area contributed by atoms with Crippen LogP contribution in [0.1, 0.15) is 90.5 Å². The molecule has 14 heteroatoms. The van der Waals surface area contributed by atoms with E-state index in [0.29, 0.717) is 46.8 Å². The van der Waals surface area contributed by atoms with Gasteiger partial charge in [-0.1, -0.05) is 17.7 Å². The molecule has 1 N–H and O–H groups in total. The molecule has 4 heterocycles. The van der Waals surface area contributed by atoms with Crippen LogP contribution in [0, 0.1) is 18.3 Å². The molecule has 3 aliphatic heterocycles. The van der Waals surface area contributed by atoms with Crippen LogP contribution in [0.15, 0.2) is 42.5 Å². The first kappa shape index (κ1) is 37.5. The second kappa shape index (κ2) is 15.5. The number of hydrogen-bond donors (Lipinski definition) is 1. The van der Waals surface area contributed by atoms with Gasteiger partial charge in [-0.3, -0.25) is 24.2 Å². The molecule has 2 aromatic carbocycles. The number of rotatable bonds is 8. The van der Waals surface area contributed by atoms with E-state index in [1.54, 1.807) is 51.1 Å². The number of fused-ring (bicyclic) bond motifs is 1. The predicted octanol–water partition coefficient (Wildman–Crippen LogP) is 6.37. The van der Waals surface area contributed by atoms with Crippen molar-refractivity contribution in [1.82, 2.24) is 25.3 Å². The number of nitrogens with zero attached hydrogens (tertiary/aromatic N) is 7. The minimum atomic E-state index is -0.687. The second-order valence-corrected chi connectivity index (χ2v) is 16.2. The van der Waals surface area contributed by atoms with E-state index in [1.807, 2.05) is 11.0 Å². The summed E-state index contributed by atoms with van der Waals surface area (Å²) in [6.45, 7) is 18.1. The van der Waals surface area contributed by atoms with Gasteiger partial charge in [-0.25, -0.2) is 9.24 Å². The molecule has 0 spiro atoms. The summed E-state index contributed by atoms with van der Waals surface area (Å²) in [7, 11) is 0. The monoisotopic (exact) mass is 756 g/mol. The van der Waals surface area contributed by atoms with E-state index in [9.17, 15) is 14.4 Å². The molecule has 4 aliphatic rings. The number of piperazine rings is 1. The van der Waals surface area contributed by atoms with Crippen molar-refractivity contribution >= 4 is 46.5 Å². The molecule has 7 rings (SSSR count). The topological polar surface area (TPSA) is 116 Å². The second-order valence-electron chi connectivity index (χ2n) is 15.8. The Hall–Kier alpha value is -4.80. The van der Waals surface area contributed by atoms with Crippen LogP contribution >= 0.6 is 11.6 Å². The molecule has 0 radical (unpaired) electrons. The van der Waals surface area contributed by atoms with E-state index in [4.69, 9.17) is 22.9 Å². The lowest BCUT2D eigenvalue weighted by Gasteiger charge is -2.39. The number of anilines is 2. The fourth-order valence-corrected chi connectivity index (χ4v) is 8.24. The predicted molar refractivity (Wildman–Crippen MR) is 204 cm³/mol. The highest BCUT2D eigenvalue weighted by atomic mass is 35.5. The number of carbonyl (C=O) groups is 3. The molecule has 3 aromatic rings. The Morgan fingerprint density at radius 3 is 2.20 bits per heavy atom. The van der Waals surface area contributed by atoms with Gasteiger partial charge >= 0.3 is 0 Å². The Balaban J connectivity index is 0.830. The van der Waals surface area contributed by atoms with Gasteiger partial charge in [0.1, 0.15) is 11.6 Å². The average Bonchev–Trinajstić information content (AvgIpc) is 3.41. The third-order valence-electron chi connectivity index (χ3n) is 11.0. The first-order valence-corrected chi connectivity index (χ1v) is 19.2. The van der Waals surface area contributed by atoms with Crippen LogP contribution in [0.3, 0.4) is 0 Å². The van der Waals surface area contributed by atoms with Gasteiger partial charge < -0.3 is 19.9 Å². The Kier molecular flexibility index (Phi) is 10.8. The Morgan fingerprint density at radius 2 is 1.59 bits per heavy atom. The fourth-order valence-electron chi connectivity index (χ4n) is 8.02. The number of hydrogen-bond acceptors (Lipinski definition) is 9. The van der Waals surface area contributed by atoms with Crippen molar-refractivity contribution in [2.75, 3.05) is 55.6 Å². The lowest BCUT2D eigenvalue weighted by Crippen LogP contribution is -2.49. The van der Waals surface area contributed by atoms with Crippen LogP contribution in [0.5, 0.6) is 5.75 Å². The molecule has 1 aromatic heterocycles. The quantitative estimate of drug-likeness (QED) is 0.207. The largest absolute Gasteiger partial charge is 0.490 e. The van der Waals surface area contributed by atoms with Gasteiger partial charge in [0, 0.05) is 57.4 Å². The maximum atomic E-state index is 15.3. The van der Waals surface area contributed by atoms with Crippen LogP contribution in [-0.2, 0) is 0 Å². The highest BCUT2D eigenvalue weighted by molar-refractivity contribution is 6.33. The summed E-state index contributed by atoms with van der Waals surface area (Å²) in [5, 5.41) is 12.2. The summed E-state index contributed by atoms with van der Waals surface area (Å²) < 4.78 is 21.3. The van der Waals surface area contributed by atoms with E-state index in [2.05, 4.69) is 30.2 Å². The number of nitrogens with one attached hydrogen (secondary N) is 1. The highest BCUT2D eigenvalue weighted by Gasteiger charge is 2.43. The molecule has 284 valence electrons. The van der Waals surface area contributed by atoms with Crippen LogP contribution < -0.4 is 19.9 Å². The number of piperidine rings is 1. The van der Waals surface area contributed by atoms with Gasteiger partial charge in [0.05, 0.1) is 34.5 Å². The lowest BCUT2D eigenvalue weighted by molar-refractivity contribution is 0.0507. The van der Waals surface area contributed by atoms with Gasteiger partial charge in [-0.2, -0.15) is 0 Å². The maximum Gasteiger partial charge on any atom is 0.272 e. The van der Waals surface area contributed by atoms with Crippen molar-refractivity contribution in [3.05, 3.63) is 81.5 Å². The molecule has 1 saturated carbocycles. The van der Waals surface area contributed by atoms with Crippen molar-refractivity contribution in [3.63, 3.8) is 0 Å². The number of carbonyl (C=O) groups excluding carboxylic acids is 3. The molecule has 54 heavy (non-hydrogen) atoms. The summed E-state index contributed by atoms with van der Waals surface area (Å²) in [4.78, 5) is 50.2. The summed E-state index contributed by atoms with van der Waals surface area (Å²) >= 11 is 6.15. The zero-order valence-electron chi connectivity index (χ0n) is 31.0. The lowest BCUT2D eigenvalue weighted by atomic mass is 9.93. The minimum Gasteiger partial charge on any atom is -0.490 e. The molecule has 1 aliphatic carbocycles. The van der Waals surface area contributed by atoms with Crippen molar-refractivity contribution in [2.45, 2.75) is 77.0 Å². The van der Waals surface area contributed by atoms with Gasteiger partial charge in [-0.05, 0) is 102 Å². The van der Waals surface area contributed by atoms with Crippen LogP contribution in [0.4, 0.5) is 21.6 Å². The molecule has 0 unspecified atom stereocenters. The van der Waals surface area contributed by atoms with Crippen LogP contribution in [0.25, 0.3) is 4.85 Å². The standard InChI is InChI=1S/C40H46ClFN8O4/c1-40(2,3)50-38(52)29-22-32(42)35(23-30(29)39(50)53)48-19-17-47(18-20-48)24-25-13-15-49(16-14-25)36-12-11-34(45-46-36)37(51)44-26-5-7-27(8-6-26)54-28-9-10-33(43-4)31(41)21-28/h9-12,21-23,25-27H,5-8,13-20,24H2,1-3H3,(H,44,51). The molecule has 3 amide bonds. The highest BCUT2D eigenvalue weighted by Crippen LogP contribution is 2.35. The van der Waals surface area contributed by atoms with E-state index >= 15 is 4.39 Å². The first-order chi connectivity index (χ1) is 25.9. The fraction of sp³-hybridized carbons (Fsp3) is 0.500. The Morgan fingerprint density at radius 1 is 0.907 bits per heavy atom. The van der Waals surface area contributed by atoms with Crippen molar-refractivity contribution in [1.29, 1.82) is 0 Å². The number of ether oxygens (including phenoxy) is 1. The molecular formula is C40H46ClFN8O4. The number of benzene rings is 2. The van der Waals surface area contributed by atoms with E-state index in [-0.39, 0.29) is 35.1 Å². The van der Waals surface area contributed by atoms with Crippen molar-refractivity contribution < 1.29 is 23.5 Å². The number of halogens is 2. The third kappa shape index (κ3) is 8.00. The average molecular weight is 757 g/mol. The van der Waals surface area contributed by atoms with E-state index in [1.165, 1.54) is 11.0 Å². The first-order valence-electron chi connectivity index (χ1n) is 18.8. The maximum absolute atomic E-state index is 15.3. The molecule has 2 saturated heterocycles. The third-order valence-corrected chi connectivity index (χ3v) is 11.3.